The molecular weight excluding hydrogens is 677 g/mol. The molecule has 6 N–H and O–H groups in total. The maximum absolute atomic E-state index is 13.9. The van der Waals surface area contributed by atoms with Crippen molar-refractivity contribution in [3.05, 3.63) is 83.3 Å². The van der Waals surface area contributed by atoms with Crippen molar-refractivity contribution in [1.82, 2.24) is 15.5 Å². The molecule has 0 bridgehead atoms. The number of β-amino-alcohol motifs (C(OH)–C–C–N with tert-alkyl or cyclic N) is 2. The molecule has 4 aliphatic rings. The van der Waals surface area contributed by atoms with Gasteiger partial charge in [-0.3, -0.25) is 9.59 Å². The summed E-state index contributed by atoms with van der Waals surface area (Å²) in [6.07, 6.45) is 6.81. The first-order valence-electron chi connectivity index (χ1n) is 18.9. The lowest BCUT2D eigenvalue weighted by atomic mass is 9.78. The first-order chi connectivity index (χ1) is 25.4. The summed E-state index contributed by atoms with van der Waals surface area (Å²) in [5.41, 5.74) is 4.52. The number of aliphatic hydroxyl groups is 3. The normalized spacial score (nSPS) is 28.1. The van der Waals surface area contributed by atoms with Crippen LogP contribution in [0.5, 0.6) is 0 Å². The van der Waals surface area contributed by atoms with E-state index in [1.807, 2.05) is 69.4 Å². The molecule has 2 aromatic carbocycles. The van der Waals surface area contributed by atoms with E-state index < -0.39 is 30.2 Å². The van der Waals surface area contributed by atoms with Gasteiger partial charge in [-0.05, 0) is 107 Å². The van der Waals surface area contributed by atoms with E-state index in [4.69, 9.17) is 9.73 Å². The smallest absolute Gasteiger partial charge is 0.225 e. The number of Topliss-reactive ketones (excluding diaryl/α,β-unsaturated/α-hetero) is 1. The summed E-state index contributed by atoms with van der Waals surface area (Å²) in [5, 5.41) is 40.0. The maximum atomic E-state index is 13.9. The number of amides is 1. The summed E-state index contributed by atoms with van der Waals surface area (Å²) < 4.78 is 19.3. The van der Waals surface area contributed by atoms with E-state index >= 15 is 0 Å². The van der Waals surface area contributed by atoms with Gasteiger partial charge in [0.1, 0.15) is 24.1 Å². The minimum atomic E-state index is -1.23. The Hall–Kier alpha value is -4.10. The molecule has 1 amide bonds. The number of carbonyl (C=O) groups is 2. The fourth-order valence-corrected chi connectivity index (χ4v) is 7.36. The largest absolute Gasteiger partial charge is 0.388 e. The lowest BCUT2D eigenvalue weighted by molar-refractivity contribution is -0.154. The van der Waals surface area contributed by atoms with Gasteiger partial charge >= 0.3 is 0 Å². The lowest BCUT2D eigenvalue weighted by Crippen LogP contribution is -2.58. The van der Waals surface area contributed by atoms with Gasteiger partial charge < -0.3 is 40.9 Å². The van der Waals surface area contributed by atoms with Gasteiger partial charge in [-0.1, -0.05) is 24.3 Å². The van der Waals surface area contributed by atoms with Gasteiger partial charge in [-0.2, -0.15) is 0 Å². The second kappa shape index (κ2) is 16.9. The van der Waals surface area contributed by atoms with Crippen molar-refractivity contribution in [2.24, 2.45) is 22.7 Å². The molecule has 3 fully saturated rings. The Labute approximate surface area is 311 Å². The van der Waals surface area contributed by atoms with Crippen LogP contribution in [0.1, 0.15) is 92.3 Å². The number of anilines is 1. The molecule has 2 aromatic rings. The topological polar surface area (TPSA) is 156 Å². The Bertz CT molecular complexity index is 1690. The number of ketones is 1. The van der Waals surface area contributed by atoms with Crippen LogP contribution < -0.4 is 16.0 Å². The van der Waals surface area contributed by atoms with E-state index in [1.165, 1.54) is 4.90 Å². The highest BCUT2D eigenvalue weighted by Crippen LogP contribution is 2.36. The third-order valence-corrected chi connectivity index (χ3v) is 11.0. The van der Waals surface area contributed by atoms with E-state index in [2.05, 4.69) is 16.0 Å². The second-order valence-corrected chi connectivity index (χ2v) is 15.7. The molecular formula is C41H54FN5O6. The predicted molar refractivity (Wildman–Crippen MR) is 202 cm³/mol. The Balaban J connectivity index is 0.983. The molecule has 12 heteroatoms. The predicted octanol–water partition coefficient (Wildman–Crippen LogP) is 5.16. The van der Waals surface area contributed by atoms with Crippen molar-refractivity contribution in [1.29, 1.82) is 0 Å². The molecule has 2 saturated carbocycles. The Morgan fingerprint density at radius 1 is 1.02 bits per heavy atom. The fraction of sp³-hybridized carbons (Fsp3) is 0.537. The summed E-state index contributed by atoms with van der Waals surface area (Å²) >= 11 is 0. The average Bonchev–Trinajstić information content (AvgIpc) is 4.00. The van der Waals surface area contributed by atoms with Crippen molar-refractivity contribution in [3.63, 3.8) is 0 Å². The van der Waals surface area contributed by atoms with Crippen LogP contribution in [0.15, 0.2) is 66.1 Å². The van der Waals surface area contributed by atoms with E-state index in [-0.39, 0.29) is 43.2 Å². The summed E-state index contributed by atoms with van der Waals surface area (Å²) in [6, 6.07) is 13.6. The number of hydrogen-bond acceptors (Lipinski definition) is 10. The second-order valence-electron chi connectivity index (χ2n) is 15.7. The molecule has 11 nitrogen and oxygen atoms in total. The Morgan fingerprint density at radius 2 is 1.72 bits per heavy atom. The van der Waals surface area contributed by atoms with Crippen LogP contribution in [0.3, 0.4) is 0 Å². The van der Waals surface area contributed by atoms with Crippen LogP contribution in [0.25, 0.3) is 5.70 Å². The number of ether oxygens (including phenoxy) is 1. The number of aliphatic imine (C=N–C) groups is 1. The number of likely N-dealkylation sites (tertiary alicyclic amines) is 1. The first kappa shape index (κ1) is 38.6. The van der Waals surface area contributed by atoms with Gasteiger partial charge in [0.15, 0.2) is 5.78 Å². The number of alkyl halides is 1. The van der Waals surface area contributed by atoms with Crippen LogP contribution in [-0.4, -0.2) is 81.0 Å². The highest BCUT2D eigenvalue weighted by molar-refractivity contribution is 6.03. The summed E-state index contributed by atoms with van der Waals surface area (Å²) in [4.78, 5) is 32.5. The SMILES string of the molecule is Cc1cc(NC2=N/C=C\N/C(c3ccc(COC(F)C4CC4)cc3)=C\NC2(C)C)ccc1C(=O)CCC1CCC(C(=O)N2C[C@@H](O)C(O)[C@@H](O)C2)CC1. The number of hydrogen-bond donors (Lipinski definition) is 6. The fourth-order valence-electron chi connectivity index (χ4n) is 7.36. The van der Waals surface area contributed by atoms with E-state index in [0.29, 0.717) is 36.6 Å². The number of amidine groups is 1. The summed E-state index contributed by atoms with van der Waals surface area (Å²) in [7, 11) is 0. The van der Waals surface area contributed by atoms with Crippen LogP contribution in [0, 0.1) is 24.7 Å². The van der Waals surface area contributed by atoms with Crippen molar-refractivity contribution < 1.29 is 34.0 Å². The van der Waals surface area contributed by atoms with Crippen molar-refractivity contribution in [2.75, 3.05) is 18.4 Å². The molecule has 2 unspecified atom stereocenters. The van der Waals surface area contributed by atoms with Crippen LogP contribution >= 0.6 is 0 Å². The third-order valence-electron chi connectivity index (χ3n) is 11.0. The monoisotopic (exact) mass is 731 g/mol. The zero-order chi connectivity index (χ0) is 37.7. The van der Waals surface area contributed by atoms with Gasteiger partial charge in [0, 0.05) is 61.2 Å². The van der Waals surface area contributed by atoms with E-state index in [1.54, 1.807) is 12.4 Å². The molecule has 4 atom stereocenters. The van der Waals surface area contributed by atoms with Gasteiger partial charge in [-0.25, -0.2) is 9.38 Å². The number of aryl methyl sites for hydroxylation is 1. The van der Waals surface area contributed by atoms with E-state index in [9.17, 15) is 29.3 Å². The quantitative estimate of drug-likeness (QED) is 0.172. The van der Waals surface area contributed by atoms with Crippen molar-refractivity contribution in [2.45, 2.75) is 109 Å². The van der Waals surface area contributed by atoms with Gasteiger partial charge in [0.05, 0.1) is 17.8 Å². The molecule has 0 aromatic heterocycles. The highest BCUT2D eigenvalue weighted by Gasteiger charge is 2.38. The number of carbonyl (C=O) groups excluding carboxylic acids is 2. The zero-order valence-electron chi connectivity index (χ0n) is 30.9. The van der Waals surface area contributed by atoms with Crippen LogP contribution in [-0.2, 0) is 16.1 Å². The van der Waals surface area contributed by atoms with E-state index in [0.717, 1.165) is 60.2 Å². The molecule has 286 valence electrons. The minimum Gasteiger partial charge on any atom is -0.388 e. The molecule has 0 spiro atoms. The third kappa shape index (κ3) is 9.91. The molecule has 1 saturated heterocycles. The number of benzene rings is 2. The van der Waals surface area contributed by atoms with Crippen molar-refractivity contribution >= 4 is 28.9 Å². The number of halogens is 1. The average molecular weight is 732 g/mol. The number of nitrogens with zero attached hydrogens (tertiary/aromatic N) is 2. The summed E-state index contributed by atoms with van der Waals surface area (Å²) in [5.74, 6) is 0.962. The van der Waals surface area contributed by atoms with Crippen LogP contribution in [0.4, 0.5) is 10.1 Å². The number of piperidine rings is 1. The molecule has 6 rings (SSSR count). The maximum Gasteiger partial charge on any atom is 0.225 e. The standard InChI is InChI=1S/C41H54FN5O6/c1-25-20-31(15-16-32(25)34(48)17-8-26-4-11-30(12-5-26)39(52)47-22-35(49)37(51)36(50)23-47)46-40-41(2,3)45-21-33(43-18-19-44-40)28-9-6-27(7-10-28)24-53-38(42)29-13-14-29/h6-7,9-10,15-16,18-21,26,29-30,35-38,43,45,49-51H,4-5,8,11-14,17,22-24H2,1-3H3,(H,44,46)/b19-18-,33-21-/t26?,30?,35-,36+,37?,38?. The highest BCUT2D eigenvalue weighted by atomic mass is 19.1. The summed E-state index contributed by atoms with van der Waals surface area (Å²) in [6.45, 7) is 6.31. The molecule has 53 heavy (non-hydrogen) atoms. The molecule has 2 heterocycles. The number of nitrogens with one attached hydrogen (secondary N) is 3. The number of aliphatic hydroxyl groups excluding tert-OH is 3. The van der Waals surface area contributed by atoms with Gasteiger partial charge in [0.25, 0.3) is 0 Å². The van der Waals surface area contributed by atoms with Crippen LogP contribution in [0.2, 0.25) is 0 Å². The Kier molecular flexibility index (Phi) is 12.3. The lowest BCUT2D eigenvalue weighted by Gasteiger charge is -2.39. The zero-order valence-corrected chi connectivity index (χ0v) is 30.9. The van der Waals surface area contributed by atoms with Gasteiger partial charge in [-0.15, -0.1) is 0 Å². The van der Waals surface area contributed by atoms with Gasteiger partial charge in [0.2, 0.25) is 12.3 Å². The van der Waals surface area contributed by atoms with Crippen molar-refractivity contribution in [3.8, 4) is 0 Å². The number of rotatable bonds is 11. The Morgan fingerprint density at radius 3 is 2.38 bits per heavy atom. The first-order valence-corrected chi connectivity index (χ1v) is 18.9. The molecule has 2 aliphatic carbocycles. The molecule has 0 radical (unpaired) electrons. The molecule has 2 aliphatic heterocycles. The minimum absolute atomic E-state index is 0.0348.